The fourth-order valence-electron chi connectivity index (χ4n) is 2.83. The molecule has 4 nitrogen and oxygen atoms in total. The second kappa shape index (κ2) is 6.52. The summed E-state index contributed by atoms with van der Waals surface area (Å²) in [5.41, 5.74) is 3.11. The summed E-state index contributed by atoms with van der Waals surface area (Å²) in [7, 11) is 0. The zero-order valence-corrected chi connectivity index (χ0v) is 12.4. The SMILES string of the molecule is Cc1ccc2cc(C(CO)NCC3CCCO3)ccc2n1. The molecule has 2 unspecified atom stereocenters. The van der Waals surface area contributed by atoms with Crippen molar-refractivity contribution in [3.8, 4) is 0 Å². The van der Waals surface area contributed by atoms with Gasteiger partial charge in [0.05, 0.1) is 24.3 Å². The average molecular weight is 286 g/mol. The Morgan fingerprint density at radius 2 is 2.29 bits per heavy atom. The molecule has 0 spiro atoms. The fourth-order valence-corrected chi connectivity index (χ4v) is 2.83. The molecule has 3 rings (SSSR count). The van der Waals surface area contributed by atoms with Gasteiger partial charge in [0.25, 0.3) is 0 Å². The Balaban J connectivity index is 1.74. The van der Waals surface area contributed by atoms with Crippen molar-refractivity contribution in [1.82, 2.24) is 10.3 Å². The molecule has 0 aliphatic carbocycles. The van der Waals surface area contributed by atoms with Gasteiger partial charge >= 0.3 is 0 Å². The highest BCUT2D eigenvalue weighted by Crippen LogP contribution is 2.20. The lowest BCUT2D eigenvalue weighted by molar-refractivity contribution is 0.104. The van der Waals surface area contributed by atoms with Gasteiger partial charge < -0.3 is 15.2 Å². The molecule has 0 bridgehead atoms. The lowest BCUT2D eigenvalue weighted by atomic mass is 10.0. The van der Waals surface area contributed by atoms with Crippen molar-refractivity contribution in [1.29, 1.82) is 0 Å². The summed E-state index contributed by atoms with van der Waals surface area (Å²) in [5.74, 6) is 0. The van der Waals surface area contributed by atoms with Crippen molar-refractivity contribution in [2.24, 2.45) is 0 Å². The second-order valence-electron chi connectivity index (χ2n) is 5.68. The Labute approximate surface area is 125 Å². The summed E-state index contributed by atoms with van der Waals surface area (Å²) in [6.07, 6.45) is 2.52. The van der Waals surface area contributed by atoms with Crippen molar-refractivity contribution < 1.29 is 9.84 Å². The molecular weight excluding hydrogens is 264 g/mol. The molecule has 1 saturated heterocycles. The number of benzene rings is 1. The van der Waals surface area contributed by atoms with Crippen LogP contribution >= 0.6 is 0 Å². The average Bonchev–Trinajstić information content (AvgIpc) is 3.01. The number of nitrogens with zero attached hydrogens (tertiary/aromatic N) is 1. The second-order valence-corrected chi connectivity index (χ2v) is 5.68. The van der Waals surface area contributed by atoms with Crippen LogP contribution in [-0.2, 0) is 4.74 Å². The van der Waals surface area contributed by atoms with Gasteiger partial charge in [0.15, 0.2) is 0 Å². The molecule has 0 radical (unpaired) electrons. The van der Waals surface area contributed by atoms with Gasteiger partial charge in [0, 0.05) is 24.2 Å². The molecule has 1 fully saturated rings. The first-order chi connectivity index (χ1) is 10.3. The third-order valence-corrected chi connectivity index (χ3v) is 4.05. The summed E-state index contributed by atoms with van der Waals surface area (Å²) < 4.78 is 5.61. The number of hydrogen-bond donors (Lipinski definition) is 2. The number of ether oxygens (including phenoxy) is 1. The van der Waals surface area contributed by atoms with E-state index in [-0.39, 0.29) is 18.8 Å². The number of aliphatic hydroxyl groups is 1. The summed E-state index contributed by atoms with van der Waals surface area (Å²) >= 11 is 0. The fraction of sp³-hybridized carbons (Fsp3) is 0.471. The molecular formula is C17H22N2O2. The quantitative estimate of drug-likeness (QED) is 0.886. The number of fused-ring (bicyclic) bond motifs is 1. The van der Waals surface area contributed by atoms with Crippen molar-refractivity contribution in [2.45, 2.75) is 31.9 Å². The zero-order valence-electron chi connectivity index (χ0n) is 12.4. The van der Waals surface area contributed by atoms with Crippen molar-refractivity contribution in [2.75, 3.05) is 19.8 Å². The van der Waals surface area contributed by atoms with E-state index in [0.29, 0.717) is 0 Å². The number of pyridine rings is 1. The lowest BCUT2D eigenvalue weighted by Gasteiger charge is -2.19. The number of aliphatic hydroxyl groups excluding tert-OH is 1. The molecule has 1 aromatic heterocycles. The molecule has 1 aliphatic heterocycles. The number of nitrogens with one attached hydrogen (secondary N) is 1. The maximum Gasteiger partial charge on any atom is 0.0705 e. The molecule has 4 heteroatoms. The number of rotatable bonds is 5. The summed E-state index contributed by atoms with van der Waals surface area (Å²) in [4.78, 5) is 4.51. The van der Waals surface area contributed by atoms with Gasteiger partial charge in [-0.25, -0.2) is 0 Å². The smallest absolute Gasteiger partial charge is 0.0705 e. The monoisotopic (exact) mass is 286 g/mol. The third kappa shape index (κ3) is 3.40. The van der Waals surface area contributed by atoms with E-state index >= 15 is 0 Å². The van der Waals surface area contributed by atoms with Crippen LogP contribution in [0.15, 0.2) is 30.3 Å². The van der Waals surface area contributed by atoms with Crippen LogP contribution in [-0.4, -0.2) is 36.0 Å². The first-order valence-corrected chi connectivity index (χ1v) is 7.59. The molecule has 0 amide bonds. The Bertz CT molecular complexity index is 609. The number of aromatic nitrogens is 1. The molecule has 2 atom stereocenters. The van der Waals surface area contributed by atoms with Gasteiger partial charge in [-0.1, -0.05) is 12.1 Å². The van der Waals surface area contributed by atoms with E-state index in [4.69, 9.17) is 4.74 Å². The van der Waals surface area contributed by atoms with E-state index in [1.165, 1.54) is 0 Å². The van der Waals surface area contributed by atoms with E-state index in [1.54, 1.807) is 0 Å². The van der Waals surface area contributed by atoms with Gasteiger partial charge in [-0.15, -0.1) is 0 Å². The largest absolute Gasteiger partial charge is 0.394 e. The van der Waals surface area contributed by atoms with Gasteiger partial charge in [-0.05, 0) is 43.5 Å². The summed E-state index contributed by atoms with van der Waals surface area (Å²) in [6, 6.07) is 10.2. The van der Waals surface area contributed by atoms with Gasteiger partial charge in [0.2, 0.25) is 0 Å². The molecule has 2 aromatic rings. The predicted octanol–water partition coefficient (Wildman–Crippen LogP) is 2.35. The zero-order chi connectivity index (χ0) is 14.7. The van der Waals surface area contributed by atoms with Gasteiger partial charge in [-0.2, -0.15) is 0 Å². The van der Waals surface area contributed by atoms with Crippen LogP contribution in [0, 0.1) is 6.92 Å². The first-order valence-electron chi connectivity index (χ1n) is 7.59. The van der Waals surface area contributed by atoms with Crippen LogP contribution < -0.4 is 5.32 Å². The summed E-state index contributed by atoms with van der Waals surface area (Å²) in [5, 5.41) is 14.2. The van der Waals surface area contributed by atoms with Gasteiger partial charge in [-0.3, -0.25) is 4.98 Å². The third-order valence-electron chi connectivity index (χ3n) is 4.05. The molecule has 112 valence electrons. The van der Waals surface area contributed by atoms with Crippen molar-refractivity contribution in [3.05, 3.63) is 41.6 Å². The van der Waals surface area contributed by atoms with Crippen LogP contribution in [0.3, 0.4) is 0 Å². The number of aryl methyl sites for hydroxylation is 1. The van der Waals surface area contributed by atoms with E-state index in [0.717, 1.165) is 48.2 Å². The molecule has 0 saturated carbocycles. The Morgan fingerprint density at radius 1 is 1.38 bits per heavy atom. The Morgan fingerprint density at radius 3 is 3.05 bits per heavy atom. The minimum Gasteiger partial charge on any atom is -0.394 e. The van der Waals surface area contributed by atoms with E-state index < -0.39 is 0 Å². The normalized spacial score (nSPS) is 20.0. The van der Waals surface area contributed by atoms with Crippen LogP contribution in [0.25, 0.3) is 10.9 Å². The maximum atomic E-state index is 9.65. The Kier molecular flexibility index (Phi) is 4.48. The van der Waals surface area contributed by atoms with Crippen LogP contribution in [0.5, 0.6) is 0 Å². The van der Waals surface area contributed by atoms with Gasteiger partial charge in [0.1, 0.15) is 0 Å². The molecule has 2 heterocycles. The minimum absolute atomic E-state index is 0.0556. The highest BCUT2D eigenvalue weighted by Gasteiger charge is 2.18. The first kappa shape index (κ1) is 14.4. The number of hydrogen-bond acceptors (Lipinski definition) is 4. The molecule has 1 aliphatic rings. The van der Waals surface area contributed by atoms with Crippen molar-refractivity contribution in [3.63, 3.8) is 0 Å². The van der Waals surface area contributed by atoms with Crippen molar-refractivity contribution >= 4 is 10.9 Å². The Hall–Kier alpha value is -1.49. The molecule has 2 N–H and O–H groups in total. The summed E-state index contributed by atoms with van der Waals surface area (Å²) in [6.45, 7) is 3.72. The van der Waals surface area contributed by atoms with E-state index in [2.05, 4.69) is 22.4 Å². The molecule has 21 heavy (non-hydrogen) atoms. The minimum atomic E-state index is -0.0556. The van der Waals surface area contributed by atoms with Crippen LogP contribution in [0.2, 0.25) is 0 Å². The topological polar surface area (TPSA) is 54.4 Å². The molecule has 1 aromatic carbocycles. The lowest BCUT2D eigenvalue weighted by Crippen LogP contribution is -2.31. The maximum absolute atomic E-state index is 9.65. The van der Waals surface area contributed by atoms with E-state index in [1.807, 2.05) is 25.1 Å². The van der Waals surface area contributed by atoms with Crippen LogP contribution in [0.4, 0.5) is 0 Å². The van der Waals surface area contributed by atoms with Crippen LogP contribution in [0.1, 0.15) is 30.1 Å². The highest BCUT2D eigenvalue weighted by molar-refractivity contribution is 5.79. The highest BCUT2D eigenvalue weighted by atomic mass is 16.5. The standard InChI is InChI=1S/C17H22N2O2/c1-12-4-5-13-9-14(6-7-16(13)19-12)17(11-20)18-10-15-3-2-8-21-15/h4-7,9,15,17-18,20H,2-3,8,10-11H2,1H3. The van der Waals surface area contributed by atoms with E-state index in [9.17, 15) is 5.11 Å². The predicted molar refractivity (Wildman–Crippen MR) is 83.3 cm³/mol.